The fourth-order valence-corrected chi connectivity index (χ4v) is 3.69. The zero-order valence-corrected chi connectivity index (χ0v) is 14.4. The third kappa shape index (κ3) is 2.63. The number of fused-ring (bicyclic) bond motifs is 2. The van der Waals surface area contributed by atoms with Gasteiger partial charge in [0.25, 0.3) is 0 Å². The average molecular weight is 324 g/mol. The molecule has 0 bridgehead atoms. The van der Waals surface area contributed by atoms with Gasteiger partial charge in [0.05, 0.1) is 0 Å². The van der Waals surface area contributed by atoms with Crippen LogP contribution in [-0.4, -0.2) is 20.8 Å². The molecule has 1 N–H and O–H groups in total. The number of hydrogen-bond donors (Lipinski definition) is 1. The zero-order chi connectivity index (χ0) is 16.5. The van der Waals surface area contributed by atoms with Gasteiger partial charge in [0.15, 0.2) is 0 Å². The van der Waals surface area contributed by atoms with E-state index in [1.807, 2.05) is 6.07 Å². The molecule has 1 aliphatic rings. The Morgan fingerprint density at radius 3 is 2.92 bits per heavy atom. The maximum absolute atomic E-state index is 6.00. The molecule has 1 atom stereocenters. The van der Waals surface area contributed by atoms with Crippen LogP contribution in [0.2, 0.25) is 0 Å². The molecule has 2 aromatic heterocycles. The number of aromatic nitrogens is 3. The van der Waals surface area contributed by atoms with Crippen molar-refractivity contribution in [3.8, 4) is 0 Å². The highest BCUT2D eigenvalue weighted by Crippen LogP contribution is 2.26. The van der Waals surface area contributed by atoms with Gasteiger partial charge in [-0.1, -0.05) is 32.0 Å². The lowest BCUT2D eigenvalue weighted by molar-refractivity contribution is 0.372. The largest absolute Gasteiger partial charge is 0.461 e. The van der Waals surface area contributed by atoms with Crippen molar-refractivity contribution in [2.45, 2.75) is 58.7 Å². The van der Waals surface area contributed by atoms with Crippen molar-refractivity contribution in [2.24, 2.45) is 0 Å². The van der Waals surface area contributed by atoms with Gasteiger partial charge in [-0.3, -0.25) is 0 Å². The second-order valence-corrected chi connectivity index (χ2v) is 6.47. The molecule has 24 heavy (non-hydrogen) atoms. The number of para-hydroxylation sites is 1. The minimum absolute atomic E-state index is 0.456. The molecule has 5 nitrogen and oxygen atoms in total. The Morgan fingerprint density at radius 1 is 1.21 bits per heavy atom. The Labute approximate surface area is 142 Å². The predicted octanol–water partition coefficient (Wildman–Crippen LogP) is 3.25. The molecule has 3 aromatic rings. The molecule has 4 rings (SSSR count). The van der Waals surface area contributed by atoms with Gasteiger partial charge in [-0.05, 0) is 12.5 Å². The summed E-state index contributed by atoms with van der Waals surface area (Å²) in [5.41, 5.74) is 2.29. The smallest absolute Gasteiger partial charge is 0.134 e. The molecule has 1 unspecified atom stereocenters. The Hall–Kier alpha value is -2.14. The summed E-state index contributed by atoms with van der Waals surface area (Å²) in [5, 5.41) is 13.6. The van der Waals surface area contributed by atoms with Gasteiger partial charge in [-0.15, -0.1) is 10.2 Å². The number of nitrogens with zero attached hydrogens (tertiary/aromatic N) is 3. The van der Waals surface area contributed by atoms with Crippen LogP contribution in [-0.2, 0) is 32.4 Å². The number of rotatable bonds is 5. The first kappa shape index (κ1) is 15.4. The van der Waals surface area contributed by atoms with Gasteiger partial charge in [0.2, 0.25) is 0 Å². The quantitative estimate of drug-likeness (QED) is 0.783. The summed E-state index contributed by atoms with van der Waals surface area (Å²) in [6.07, 6.45) is 3.97. The summed E-state index contributed by atoms with van der Waals surface area (Å²) < 4.78 is 8.29. The van der Waals surface area contributed by atoms with Crippen LogP contribution in [0.25, 0.3) is 11.0 Å². The van der Waals surface area contributed by atoms with Crippen LogP contribution in [0.1, 0.15) is 43.2 Å². The molecule has 126 valence electrons. The topological polar surface area (TPSA) is 55.9 Å². The molecule has 1 aliphatic heterocycles. The van der Waals surface area contributed by atoms with Crippen molar-refractivity contribution >= 4 is 11.0 Å². The van der Waals surface area contributed by atoms with E-state index in [2.05, 4.69) is 52.1 Å². The molecule has 3 heterocycles. The van der Waals surface area contributed by atoms with E-state index < -0.39 is 0 Å². The first-order valence-electron chi connectivity index (χ1n) is 8.93. The van der Waals surface area contributed by atoms with E-state index in [1.54, 1.807) is 0 Å². The summed E-state index contributed by atoms with van der Waals surface area (Å²) in [5.74, 6) is 3.33. The van der Waals surface area contributed by atoms with Gasteiger partial charge >= 0.3 is 0 Å². The molecule has 0 fully saturated rings. The molecule has 0 spiro atoms. The van der Waals surface area contributed by atoms with Crippen LogP contribution in [0, 0.1) is 0 Å². The maximum atomic E-state index is 6.00. The van der Waals surface area contributed by atoms with Crippen molar-refractivity contribution in [2.75, 3.05) is 0 Å². The van der Waals surface area contributed by atoms with Crippen LogP contribution in [0.3, 0.4) is 0 Å². The molecule has 0 saturated heterocycles. The third-order valence-corrected chi connectivity index (χ3v) is 5.01. The number of furan rings is 1. The highest BCUT2D eigenvalue weighted by Gasteiger charge is 2.22. The summed E-state index contributed by atoms with van der Waals surface area (Å²) in [6, 6.07) is 8.78. The monoisotopic (exact) mass is 324 g/mol. The second-order valence-electron chi connectivity index (χ2n) is 6.47. The highest BCUT2D eigenvalue weighted by molar-refractivity contribution is 5.82. The third-order valence-electron chi connectivity index (χ3n) is 5.01. The van der Waals surface area contributed by atoms with Crippen molar-refractivity contribution in [1.29, 1.82) is 0 Å². The lowest BCUT2D eigenvalue weighted by atomic mass is 10.1. The lowest BCUT2D eigenvalue weighted by Gasteiger charge is -2.25. The van der Waals surface area contributed by atoms with E-state index in [-0.39, 0.29) is 0 Å². The van der Waals surface area contributed by atoms with Crippen LogP contribution >= 0.6 is 0 Å². The number of benzene rings is 1. The van der Waals surface area contributed by atoms with Crippen LogP contribution < -0.4 is 5.32 Å². The summed E-state index contributed by atoms with van der Waals surface area (Å²) in [4.78, 5) is 0. The predicted molar refractivity (Wildman–Crippen MR) is 93.9 cm³/mol. The zero-order valence-electron chi connectivity index (χ0n) is 14.4. The standard InChI is InChI=1S/C19H24N4O/c1-3-16-15(14-7-5-6-8-17(14)24-16)11-20-13-9-10-19-22-21-18(4-2)23(19)12-13/h5-8,13,20H,3-4,9-12H2,1-2H3. The Kier molecular flexibility index (Phi) is 4.10. The number of hydrogen-bond acceptors (Lipinski definition) is 4. The first-order chi connectivity index (χ1) is 11.8. The molecular weight excluding hydrogens is 300 g/mol. The second kappa shape index (κ2) is 6.40. The van der Waals surface area contributed by atoms with E-state index >= 15 is 0 Å². The first-order valence-corrected chi connectivity index (χ1v) is 8.93. The van der Waals surface area contributed by atoms with Crippen LogP contribution in [0.4, 0.5) is 0 Å². The minimum atomic E-state index is 0.456. The van der Waals surface area contributed by atoms with Gasteiger partial charge in [-0.2, -0.15) is 0 Å². The van der Waals surface area contributed by atoms with Crippen molar-refractivity contribution in [1.82, 2.24) is 20.1 Å². The molecule has 0 aliphatic carbocycles. The maximum Gasteiger partial charge on any atom is 0.134 e. The summed E-state index contributed by atoms with van der Waals surface area (Å²) in [7, 11) is 0. The Balaban J connectivity index is 1.52. The number of aryl methyl sites for hydroxylation is 3. The molecule has 0 saturated carbocycles. The fraction of sp³-hybridized carbons (Fsp3) is 0.474. The van der Waals surface area contributed by atoms with E-state index in [1.165, 1.54) is 10.9 Å². The van der Waals surface area contributed by atoms with Gasteiger partial charge in [0.1, 0.15) is 23.0 Å². The van der Waals surface area contributed by atoms with Gasteiger partial charge in [0, 0.05) is 49.3 Å². The van der Waals surface area contributed by atoms with Gasteiger partial charge < -0.3 is 14.3 Å². The normalized spacial score (nSPS) is 17.3. The van der Waals surface area contributed by atoms with E-state index in [4.69, 9.17) is 4.42 Å². The lowest BCUT2D eigenvalue weighted by Crippen LogP contribution is -2.37. The van der Waals surface area contributed by atoms with Crippen molar-refractivity contribution < 1.29 is 4.42 Å². The highest BCUT2D eigenvalue weighted by atomic mass is 16.3. The molecule has 1 aromatic carbocycles. The molecule has 5 heteroatoms. The fourth-order valence-electron chi connectivity index (χ4n) is 3.69. The molecule has 0 radical (unpaired) electrons. The average Bonchev–Trinajstić information content (AvgIpc) is 3.20. The van der Waals surface area contributed by atoms with Crippen molar-refractivity contribution in [3.05, 3.63) is 47.2 Å². The van der Waals surface area contributed by atoms with E-state index in [0.29, 0.717) is 6.04 Å². The van der Waals surface area contributed by atoms with E-state index in [0.717, 1.165) is 61.8 Å². The van der Waals surface area contributed by atoms with E-state index in [9.17, 15) is 0 Å². The Bertz CT molecular complexity index is 835. The Morgan fingerprint density at radius 2 is 2.08 bits per heavy atom. The SMILES string of the molecule is CCc1oc2ccccc2c1CNC1CCc2nnc(CC)n2C1. The summed E-state index contributed by atoms with van der Waals surface area (Å²) in [6.45, 7) is 6.10. The molecular formula is C19H24N4O. The van der Waals surface area contributed by atoms with Crippen LogP contribution in [0.5, 0.6) is 0 Å². The number of nitrogens with one attached hydrogen (secondary N) is 1. The molecule has 0 amide bonds. The minimum Gasteiger partial charge on any atom is -0.461 e. The summed E-state index contributed by atoms with van der Waals surface area (Å²) >= 11 is 0. The van der Waals surface area contributed by atoms with Gasteiger partial charge in [-0.25, -0.2) is 0 Å². The van der Waals surface area contributed by atoms with Crippen LogP contribution in [0.15, 0.2) is 28.7 Å². The van der Waals surface area contributed by atoms with Crippen molar-refractivity contribution in [3.63, 3.8) is 0 Å².